The molecule has 0 aliphatic heterocycles. The summed E-state index contributed by atoms with van der Waals surface area (Å²) in [6.07, 6.45) is 46.9. The van der Waals surface area contributed by atoms with Crippen molar-refractivity contribution in [2.24, 2.45) is 0 Å². The Morgan fingerprint density at radius 1 is 0.464 bits per heavy atom. The number of carbonyl (C=O) groups excluding carboxylic acids is 2. The average Bonchev–Trinajstić information content (AvgIpc) is 3.18. The summed E-state index contributed by atoms with van der Waals surface area (Å²) in [5.41, 5.74) is 0. The molecule has 0 heterocycles. The van der Waals surface area contributed by atoms with Crippen LogP contribution >= 0.6 is 7.82 Å². The zero-order valence-electron chi connectivity index (χ0n) is 37.1. The van der Waals surface area contributed by atoms with Crippen molar-refractivity contribution in [2.75, 3.05) is 19.8 Å². The van der Waals surface area contributed by atoms with Crippen LogP contribution in [0.5, 0.6) is 0 Å². The lowest BCUT2D eigenvalue weighted by Gasteiger charge is -2.19. The fraction of sp³-hybridized carbons (Fsp3) is 0.915. The third-order valence-corrected chi connectivity index (χ3v) is 11.6. The standard InChI is InChI=1S/C47H91O8P/c1-4-7-9-11-13-15-17-19-21-23-25-27-29-31-33-35-37-39-41-46(48)52-43-45(44-54-56(50,51)53-6-3)55-47(49)42-40-38-36-34-32-30-28-26-24-22-20-18-16-14-12-10-8-5-2/h22,24,45H,4-21,23,25-44H2,1-3H3,(H,50,51)/b24-22-. The second-order valence-electron chi connectivity index (χ2n) is 16.1. The van der Waals surface area contributed by atoms with Crippen LogP contribution in [0.15, 0.2) is 12.2 Å². The number of phosphoric ester groups is 1. The Hall–Kier alpha value is -1.21. The van der Waals surface area contributed by atoms with Gasteiger partial charge in [0.05, 0.1) is 13.2 Å². The van der Waals surface area contributed by atoms with E-state index in [0.717, 1.165) is 38.5 Å². The van der Waals surface area contributed by atoms with Gasteiger partial charge in [0.2, 0.25) is 0 Å². The molecule has 0 rings (SSSR count). The minimum absolute atomic E-state index is 0.00300. The Labute approximate surface area is 346 Å². The number of unbranched alkanes of at least 4 members (excludes halogenated alkanes) is 31. The molecule has 332 valence electrons. The van der Waals surface area contributed by atoms with E-state index >= 15 is 0 Å². The first kappa shape index (κ1) is 54.8. The van der Waals surface area contributed by atoms with Gasteiger partial charge in [0.25, 0.3) is 0 Å². The maximum atomic E-state index is 12.6. The lowest BCUT2D eigenvalue weighted by molar-refractivity contribution is -0.161. The van der Waals surface area contributed by atoms with Gasteiger partial charge in [-0.25, -0.2) is 4.57 Å². The lowest BCUT2D eigenvalue weighted by Crippen LogP contribution is -2.29. The van der Waals surface area contributed by atoms with Crippen molar-refractivity contribution in [3.63, 3.8) is 0 Å². The summed E-state index contributed by atoms with van der Waals surface area (Å²) < 4.78 is 32.7. The molecule has 0 saturated heterocycles. The molecule has 0 fully saturated rings. The third kappa shape index (κ3) is 42.4. The maximum absolute atomic E-state index is 12.6. The van der Waals surface area contributed by atoms with Gasteiger partial charge in [-0.2, -0.15) is 0 Å². The van der Waals surface area contributed by atoms with Gasteiger partial charge >= 0.3 is 19.8 Å². The predicted molar refractivity (Wildman–Crippen MR) is 235 cm³/mol. The highest BCUT2D eigenvalue weighted by molar-refractivity contribution is 7.47. The van der Waals surface area contributed by atoms with Gasteiger partial charge in [-0.1, -0.05) is 206 Å². The van der Waals surface area contributed by atoms with Crippen LogP contribution in [0.2, 0.25) is 0 Å². The summed E-state index contributed by atoms with van der Waals surface area (Å²) in [5, 5.41) is 0. The van der Waals surface area contributed by atoms with E-state index in [9.17, 15) is 19.0 Å². The Morgan fingerprint density at radius 3 is 1.18 bits per heavy atom. The molecule has 0 aromatic carbocycles. The molecule has 8 nitrogen and oxygen atoms in total. The number of esters is 2. The normalized spacial score (nSPS) is 13.3. The topological polar surface area (TPSA) is 108 Å². The maximum Gasteiger partial charge on any atom is 0.472 e. The molecular formula is C47H91O8P. The van der Waals surface area contributed by atoms with Gasteiger partial charge in [0.1, 0.15) is 6.61 Å². The Balaban J connectivity index is 3.99. The highest BCUT2D eigenvalue weighted by Crippen LogP contribution is 2.43. The number of hydrogen-bond acceptors (Lipinski definition) is 7. The van der Waals surface area contributed by atoms with Gasteiger partial charge in [-0.05, 0) is 45.4 Å². The van der Waals surface area contributed by atoms with E-state index in [1.807, 2.05) is 0 Å². The van der Waals surface area contributed by atoms with Crippen LogP contribution in [0.1, 0.15) is 252 Å². The van der Waals surface area contributed by atoms with E-state index in [1.54, 1.807) is 6.92 Å². The molecule has 0 saturated carbocycles. The number of ether oxygens (including phenoxy) is 2. The van der Waals surface area contributed by atoms with Crippen LogP contribution in [-0.4, -0.2) is 42.8 Å². The van der Waals surface area contributed by atoms with Crippen molar-refractivity contribution >= 4 is 19.8 Å². The first-order valence-corrected chi connectivity index (χ1v) is 25.5. The van der Waals surface area contributed by atoms with Crippen molar-refractivity contribution < 1.29 is 37.6 Å². The van der Waals surface area contributed by atoms with Crippen molar-refractivity contribution in [1.82, 2.24) is 0 Å². The average molecular weight is 815 g/mol. The molecule has 0 aromatic rings. The van der Waals surface area contributed by atoms with Crippen LogP contribution in [0, 0.1) is 0 Å². The highest BCUT2D eigenvalue weighted by Gasteiger charge is 2.25. The molecule has 0 spiro atoms. The van der Waals surface area contributed by atoms with Gasteiger partial charge in [-0.3, -0.25) is 18.6 Å². The molecule has 0 radical (unpaired) electrons. The fourth-order valence-electron chi connectivity index (χ4n) is 7.04. The van der Waals surface area contributed by atoms with E-state index in [4.69, 9.17) is 18.5 Å². The minimum atomic E-state index is -4.28. The van der Waals surface area contributed by atoms with Crippen molar-refractivity contribution in [3.8, 4) is 0 Å². The summed E-state index contributed by atoms with van der Waals surface area (Å²) in [7, 11) is -4.28. The second kappa shape index (κ2) is 43.4. The first-order valence-electron chi connectivity index (χ1n) is 24.0. The highest BCUT2D eigenvalue weighted by atomic mass is 31.2. The van der Waals surface area contributed by atoms with Crippen LogP contribution in [0.3, 0.4) is 0 Å². The molecule has 9 heteroatoms. The summed E-state index contributed by atoms with van der Waals surface area (Å²) in [4.78, 5) is 34.8. The van der Waals surface area contributed by atoms with Crippen molar-refractivity contribution in [2.45, 2.75) is 258 Å². The fourth-order valence-corrected chi connectivity index (χ4v) is 7.79. The lowest BCUT2D eigenvalue weighted by atomic mass is 10.0. The van der Waals surface area contributed by atoms with Gasteiger partial charge in [0, 0.05) is 12.8 Å². The van der Waals surface area contributed by atoms with Crippen LogP contribution in [0.4, 0.5) is 0 Å². The van der Waals surface area contributed by atoms with Crippen molar-refractivity contribution in [1.29, 1.82) is 0 Å². The minimum Gasteiger partial charge on any atom is -0.462 e. The quantitative estimate of drug-likeness (QED) is 0.0280. The molecular weight excluding hydrogens is 723 g/mol. The molecule has 0 bridgehead atoms. The number of rotatable bonds is 45. The summed E-state index contributed by atoms with van der Waals surface area (Å²) in [6.45, 7) is 5.52. The molecule has 0 amide bonds. The molecule has 2 atom stereocenters. The van der Waals surface area contributed by atoms with E-state index < -0.39 is 19.9 Å². The molecule has 1 N–H and O–H groups in total. The zero-order valence-corrected chi connectivity index (χ0v) is 38.0. The van der Waals surface area contributed by atoms with Gasteiger partial charge < -0.3 is 14.4 Å². The van der Waals surface area contributed by atoms with Gasteiger partial charge in [-0.15, -0.1) is 0 Å². The largest absolute Gasteiger partial charge is 0.472 e. The smallest absolute Gasteiger partial charge is 0.462 e. The van der Waals surface area contributed by atoms with E-state index in [0.29, 0.717) is 12.8 Å². The van der Waals surface area contributed by atoms with Crippen molar-refractivity contribution in [3.05, 3.63) is 12.2 Å². The Kier molecular flexibility index (Phi) is 42.4. The van der Waals surface area contributed by atoms with Crippen LogP contribution in [-0.2, 0) is 32.7 Å². The zero-order chi connectivity index (χ0) is 41.1. The molecule has 56 heavy (non-hydrogen) atoms. The number of allylic oxidation sites excluding steroid dienone is 2. The monoisotopic (exact) mass is 815 g/mol. The first-order chi connectivity index (χ1) is 27.3. The summed E-state index contributed by atoms with van der Waals surface area (Å²) in [5.74, 6) is -0.787. The predicted octanol–water partition coefficient (Wildman–Crippen LogP) is 15.2. The van der Waals surface area contributed by atoms with E-state index in [1.165, 1.54) is 173 Å². The Bertz CT molecular complexity index is 926. The number of phosphoric acid groups is 1. The molecule has 0 aliphatic carbocycles. The van der Waals surface area contributed by atoms with Gasteiger partial charge in [0.15, 0.2) is 6.10 Å². The molecule has 2 unspecified atom stereocenters. The third-order valence-electron chi connectivity index (χ3n) is 10.6. The van der Waals surface area contributed by atoms with E-state index in [2.05, 4.69) is 26.0 Å². The van der Waals surface area contributed by atoms with Crippen LogP contribution < -0.4 is 0 Å². The second-order valence-corrected chi connectivity index (χ2v) is 17.6. The number of hydrogen-bond donors (Lipinski definition) is 1. The molecule has 0 aliphatic rings. The molecule has 0 aromatic heterocycles. The summed E-state index contributed by atoms with van der Waals surface area (Å²) >= 11 is 0. The SMILES string of the molecule is CCCCCCCCC/C=C\CCCCCCCCCC(=O)OC(COC(=O)CCCCCCCCCCCCCCCCCCCC)COP(=O)(O)OCC. The summed E-state index contributed by atoms with van der Waals surface area (Å²) in [6, 6.07) is 0. The Morgan fingerprint density at radius 2 is 0.804 bits per heavy atom. The van der Waals surface area contributed by atoms with Crippen LogP contribution in [0.25, 0.3) is 0 Å². The number of carbonyl (C=O) groups is 2. The van der Waals surface area contributed by atoms with E-state index in [-0.39, 0.29) is 32.2 Å².